The molecule has 84 valence electrons. The maximum atomic E-state index is 5.82. The van der Waals surface area contributed by atoms with Crippen LogP contribution >= 0.6 is 11.3 Å². The van der Waals surface area contributed by atoms with Gasteiger partial charge in [-0.1, -0.05) is 25.1 Å². The van der Waals surface area contributed by atoms with Crippen molar-refractivity contribution in [2.45, 2.75) is 26.9 Å². The summed E-state index contributed by atoms with van der Waals surface area (Å²) >= 11 is 1.65. The molecule has 1 heterocycles. The van der Waals surface area contributed by atoms with Gasteiger partial charge in [0.1, 0.15) is 12.4 Å². The van der Waals surface area contributed by atoms with Gasteiger partial charge in [0, 0.05) is 0 Å². The molecule has 0 fully saturated rings. The molecule has 2 rings (SSSR count). The molecule has 0 spiro atoms. The van der Waals surface area contributed by atoms with Gasteiger partial charge in [-0.15, -0.1) is 11.3 Å². The lowest BCUT2D eigenvalue weighted by atomic mass is 10.1. The highest BCUT2D eigenvalue weighted by Crippen LogP contribution is 2.21. The summed E-state index contributed by atoms with van der Waals surface area (Å²) in [6.45, 7) is 4.77. The van der Waals surface area contributed by atoms with Gasteiger partial charge in [0.15, 0.2) is 0 Å². The van der Waals surface area contributed by atoms with Crippen molar-refractivity contribution < 1.29 is 4.74 Å². The Morgan fingerprint density at radius 2 is 2.12 bits per heavy atom. The van der Waals surface area contributed by atoms with Crippen LogP contribution in [0.2, 0.25) is 0 Å². The Balaban J connectivity index is 2.07. The molecule has 0 amide bonds. The quantitative estimate of drug-likeness (QED) is 0.805. The van der Waals surface area contributed by atoms with E-state index in [0.29, 0.717) is 6.61 Å². The highest BCUT2D eigenvalue weighted by Gasteiger charge is 2.04. The van der Waals surface area contributed by atoms with Crippen LogP contribution in [0.15, 0.2) is 29.8 Å². The van der Waals surface area contributed by atoms with Crippen LogP contribution in [0.1, 0.15) is 23.1 Å². The number of hydrogen-bond donors (Lipinski definition) is 0. The summed E-state index contributed by atoms with van der Waals surface area (Å²) in [5, 5.41) is 0. The van der Waals surface area contributed by atoms with Crippen molar-refractivity contribution in [1.29, 1.82) is 0 Å². The molecule has 0 radical (unpaired) electrons. The van der Waals surface area contributed by atoms with Crippen molar-refractivity contribution in [3.63, 3.8) is 0 Å². The number of benzene rings is 1. The Kier molecular flexibility index (Phi) is 3.57. The van der Waals surface area contributed by atoms with Crippen LogP contribution in [0.5, 0.6) is 5.75 Å². The number of aromatic nitrogens is 1. The molecular weight excluding hydrogens is 218 g/mol. The van der Waals surface area contributed by atoms with E-state index in [4.69, 9.17) is 4.74 Å². The van der Waals surface area contributed by atoms with Gasteiger partial charge < -0.3 is 4.74 Å². The van der Waals surface area contributed by atoms with E-state index >= 15 is 0 Å². The zero-order valence-electron chi connectivity index (χ0n) is 9.56. The SMILES string of the molecule is CCc1ccccc1OCc1scnc1C. The van der Waals surface area contributed by atoms with Gasteiger partial charge in [0.05, 0.1) is 16.1 Å². The van der Waals surface area contributed by atoms with E-state index in [2.05, 4.69) is 18.0 Å². The second-order valence-corrected chi connectivity index (χ2v) is 4.55. The van der Waals surface area contributed by atoms with Crippen molar-refractivity contribution in [3.8, 4) is 5.75 Å². The molecule has 0 aliphatic rings. The first-order valence-electron chi connectivity index (χ1n) is 5.41. The Hall–Kier alpha value is -1.35. The van der Waals surface area contributed by atoms with Gasteiger partial charge in [-0.2, -0.15) is 0 Å². The van der Waals surface area contributed by atoms with E-state index in [-0.39, 0.29) is 0 Å². The first-order valence-corrected chi connectivity index (χ1v) is 6.29. The van der Waals surface area contributed by atoms with E-state index in [9.17, 15) is 0 Å². The van der Waals surface area contributed by atoms with Crippen molar-refractivity contribution in [1.82, 2.24) is 4.98 Å². The van der Waals surface area contributed by atoms with Gasteiger partial charge in [-0.25, -0.2) is 4.98 Å². The van der Waals surface area contributed by atoms with E-state index in [1.807, 2.05) is 30.6 Å². The van der Waals surface area contributed by atoms with Crippen LogP contribution in [0.3, 0.4) is 0 Å². The third-order valence-electron chi connectivity index (χ3n) is 2.56. The van der Waals surface area contributed by atoms with Crippen LogP contribution in [0.4, 0.5) is 0 Å². The summed E-state index contributed by atoms with van der Waals surface area (Å²) in [6, 6.07) is 8.18. The molecule has 1 aromatic heterocycles. The lowest BCUT2D eigenvalue weighted by Gasteiger charge is -2.09. The summed E-state index contributed by atoms with van der Waals surface area (Å²) in [5.74, 6) is 0.984. The molecule has 0 aliphatic carbocycles. The number of hydrogen-bond acceptors (Lipinski definition) is 3. The molecule has 0 aliphatic heterocycles. The zero-order chi connectivity index (χ0) is 11.4. The number of nitrogens with zero attached hydrogens (tertiary/aromatic N) is 1. The van der Waals surface area contributed by atoms with Crippen LogP contribution in [-0.4, -0.2) is 4.98 Å². The summed E-state index contributed by atoms with van der Waals surface area (Å²) in [5.41, 5.74) is 4.18. The Bertz CT molecular complexity index is 464. The molecular formula is C13H15NOS. The fourth-order valence-corrected chi connectivity index (χ4v) is 2.23. The molecule has 0 saturated carbocycles. The van der Waals surface area contributed by atoms with E-state index in [0.717, 1.165) is 17.9 Å². The smallest absolute Gasteiger partial charge is 0.124 e. The van der Waals surface area contributed by atoms with Crippen LogP contribution in [0.25, 0.3) is 0 Å². The minimum absolute atomic E-state index is 0.619. The normalized spacial score (nSPS) is 10.4. The Morgan fingerprint density at radius 3 is 2.81 bits per heavy atom. The number of ether oxygens (including phenoxy) is 1. The number of rotatable bonds is 4. The predicted octanol–water partition coefficient (Wildman–Crippen LogP) is 3.59. The Labute approximate surface area is 99.9 Å². The van der Waals surface area contributed by atoms with Crippen molar-refractivity contribution >= 4 is 11.3 Å². The third-order valence-corrected chi connectivity index (χ3v) is 3.47. The molecule has 2 aromatic rings. The molecule has 0 saturated heterocycles. The van der Waals surface area contributed by atoms with Gasteiger partial charge in [0.25, 0.3) is 0 Å². The lowest BCUT2D eigenvalue weighted by Crippen LogP contribution is -1.97. The third kappa shape index (κ3) is 2.42. The second kappa shape index (κ2) is 5.12. The van der Waals surface area contributed by atoms with Crippen molar-refractivity contribution in [3.05, 3.63) is 45.9 Å². The standard InChI is InChI=1S/C13H15NOS/c1-3-11-6-4-5-7-12(11)15-8-13-10(2)14-9-16-13/h4-7,9H,3,8H2,1-2H3. The fourth-order valence-electron chi connectivity index (χ4n) is 1.54. The van der Waals surface area contributed by atoms with Gasteiger partial charge in [-0.05, 0) is 25.0 Å². The van der Waals surface area contributed by atoms with Crippen molar-refractivity contribution in [2.75, 3.05) is 0 Å². The van der Waals surface area contributed by atoms with E-state index in [1.165, 1.54) is 10.4 Å². The molecule has 3 heteroatoms. The number of aryl methyl sites for hydroxylation is 2. The number of thiazole rings is 1. The number of para-hydroxylation sites is 1. The average Bonchev–Trinajstić information content (AvgIpc) is 2.72. The molecule has 0 N–H and O–H groups in total. The molecule has 0 atom stereocenters. The zero-order valence-corrected chi connectivity index (χ0v) is 10.4. The summed E-state index contributed by atoms with van der Waals surface area (Å²) in [6.07, 6.45) is 0.998. The minimum Gasteiger partial charge on any atom is -0.488 e. The Morgan fingerprint density at radius 1 is 1.31 bits per heavy atom. The highest BCUT2D eigenvalue weighted by molar-refractivity contribution is 7.09. The van der Waals surface area contributed by atoms with Crippen LogP contribution < -0.4 is 4.74 Å². The summed E-state index contributed by atoms with van der Waals surface area (Å²) < 4.78 is 5.82. The monoisotopic (exact) mass is 233 g/mol. The molecule has 0 unspecified atom stereocenters. The maximum Gasteiger partial charge on any atom is 0.124 e. The largest absolute Gasteiger partial charge is 0.488 e. The maximum absolute atomic E-state index is 5.82. The molecule has 0 bridgehead atoms. The van der Waals surface area contributed by atoms with Crippen LogP contribution in [0, 0.1) is 6.92 Å². The highest BCUT2D eigenvalue weighted by atomic mass is 32.1. The first kappa shape index (κ1) is 11.1. The predicted molar refractivity (Wildman–Crippen MR) is 67.0 cm³/mol. The topological polar surface area (TPSA) is 22.1 Å². The van der Waals surface area contributed by atoms with Crippen molar-refractivity contribution in [2.24, 2.45) is 0 Å². The van der Waals surface area contributed by atoms with E-state index < -0.39 is 0 Å². The summed E-state index contributed by atoms with van der Waals surface area (Å²) in [7, 11) is 0. The molecule has 16 heavy (non-hydrogen) atoms. The molecule has 2 nitrogen and oxygen atoms in total. The minimum atomic E-state index is 0.619. The van der Waals surface area contributed by atoms with E-state index in [1.54, 1.807) is 11.3 Å². The van der Waals surface area contributed by atoms with Gasteiger partial charge in [0.2, 0.25) is 0 Å². The first-order chi connectivity index (χ1) is 7.81. The fraction of sp³-hybridized carbons (Fsp3) is 0.308. The van der Waals surface area contributed by atoms with Gasteiger partial charge >= 0.3 is 0 Å². The molecule has 1 aromatic carbocycles. The summed E-state index contributed by atoms with van der Waals surface area (Å²) in [4.78, 5) is 5.41. The van der Waals surface area contributed by atoms with Crippen LogP contribution in [-0.2, 0) is 13.0 Å². The van der Waals surface area contributed by atoms with Gasteiger partial charge in [-0.3, -0.25) is 0 Å². The average molecular weight is 233 g/mol. The second-order valence-electron chi connectivity index (χ2n) is 3.61. The lowest BCUT2D eigenvalue weighted by molar-refractivity contribution is 0.305.